The van der Waals surface area contributed by atoms with Crippen LogP contribution in [0.3, 0.4) is 0 Å². The largest absolute Gasteiger partial charge is 0.444 e. The molecular weight excluding hydrogens is 495 g/mol. The van der Waals surface area contributed by atoms with Gasteiger partial charge in [0.1, 0.15) is 5.60 Å². The topological polar surface area (TPSA) is 92.6 Å². The van der Waals surface area contributed by atoms with E-state index in [4.69, 9.17) is 9.73 Å². The summed E-state index contributed by atoms with van der Waals surface area (Å²) in [6.45, 7) is 17.5. The van der Waals surface area contributed by atoms with Gasteiger partial charge in [0.25, 0.3) is 0 Å². The van der Waals surface area contributed by atoms with Crippen molar-refractivity contribution in [2.24, 2.45) is 12.0 Å². The highest BCUT2D eigenvalue weighted by molar-refractivity contribution is 14.0. The number of halogens is 1. The van der Waals surface area contributed by atoms with E-state index in [0.29, 0.717) is 19.0 Å². The molecule has 1 amide bonds. The van der Waals surface area contributed by atoms with Crippen molar-refractivity contribution in [3.05, 3.63) is 17.0 Å². The van der Waals surface area contributed by atoms with Crippen LogP contribution in [0.5, 0.6) is 0 Å². The van der Waals surface area contributed by atoms with Crippen LogP contribution in [0.4, 0.5) is 4.79 Å². The second-order valence-corrected chi connectivity index (χ2v) is 8.76. The number of aliphatic imine (C=N–C) groups is 1. The first-order valence-electron chi connectivity index (χ1n) is 10.5. The third-order valence-corrected chi connectivity index (χ3v) is 4.30. The lowest BCUT2D eigenvalue weighted by atomic mass is 10.1. The van der Waals surface area contributed by atoms with E-state index < -0.39 is 17.2 Å². The van der Waals surface area contributed by atoms with Gasteiger partial charge in [-0.3, -0.25) is 4.68 Å². The van der Waals surface area contributed by atoms with Crippen molar-refractivity contribution in [2.75, 3.05) is 13.1 Å². The number of aromatic nitrogens is 2. The third kappa shape index (κ3) is 9.53. The van der Waals surface area contributed by atoms with Crippen LogP contribution in [0.1, 0.15) is 72.3 Å². The molecular formula is C21H41IN6O2. The predicted molar refractivity (Wildman–Crippen MR) is 134 cm³/mol. The number of amides is 1. The maximum atomic E-state index is 12.1. The average molecular weight is 537 g/mol. The molecule has 0 atom stereocenters. The zero-order chi connectivity index (χ0) is 22.2. The van der Waals surface area contributed by atoms with E-state index in [0.717, 1.165) is 25.1 Å². The van der Waals surface area contributed by atoms with Gasteiger partial charge in [-0.05, 0) is 54.4 Å². The molecule has 0 saturated carbocycles. The molecule has 0 saturated heterocycles. The SMILES string of the molecule is CCNC(=NCc1c(CC)nn(C)c1CC)NCC(C)(C)NC(=O)OC(C)(C)C.I. The van der Waals surface area contributed by atoms with Crippen molar-refractivity contribution in [3.63, 3.8) is 0 Å². The summed E-state index contributed by atoms with van der Waals surface area (Å²) in [4.78, 5) is 16.8. The Hall–Kier alpha value is -1.52. The van der Waals surface area contributed by atoms with Crippen LogP contribution < -0.4 is 16.0 Å². The third-order valence-electron chi connectivity index (χ3n) is 4.30. The van der Waals surface area contributed by atoms with Gasteiger partial charge in [0.2, 0.25) is 0 Å². The maximum absolute atomic E-state index is 12.1. The van der Waals surface area contributed by atoms with E-state index in [9.17, 15) is 4.79 Å². The molecule has 0 bridgehead atoms. The van der Waals surface area contributed by atoms with E-state index in [-0.39, 0.29) is 24.0 Å². The number of ether oxygens (including phenoxy) is 1. The maximum Gasteiger partial charge on any atom is 0.408 e. The Labute approximate surface area is 199 Å². The van der Waals surface area contributed by atoms with Gasteiger partial charge in [0, 0.05) is 31.4 Å². The smallest absolute Gasteiger partial charge is 0.408 e. The van der Waals surface area contributed by atoms with Gasteiger partial charge in [-0.2, -0.15) is 5.10 Å². The van der Waals surface area contributed by atoms with E-state index in [2.05, 4.69) is 34.9 Å². The Balaban J connectivity index is 0.00000841. The molecule has 3 N–H and O–H groups in total. The number of rotatable bonds is 8. The lowest BCUT2D eigenvalue weighted by Gasteiger charge is -2.29. The second-order valence-electron chi connectivity index (χ2n) is 8.76. The highest BCUT2D eigenvalue weighted by atomic mass is 127. The fraction of sp³-hybridized carbons (Fsp3) is 0.762. The predicted octanol–water partition coefficient (Wildman–Crippen LogP) is 3.52. The molecule has 0 radical (unpaired) electrons. The minimum atomic E-state index is -0.526. The molecule has 1 rings (SSSR count). The zero-order valence-corrected chi connectivity index (χ0v) is 22.4. The van der Waals surface area contributed by atoms with Crippen molar-refractivity contribution in [3.8, 4) is 0 Å². The lowest BCUT2D eigenvalue weighted by Crippen LogP contribution is -2.54. The standard InChI is InChI=1S/C21H40N6O2.HI/c1-10-16-15(17(11-2)27(9)26-16)13-23-18(22-12-3)24-14-21(7,8)25-19(28)29-20(4,5)6;/h10-14H2,1-9H3,(H,25,28)(H2,22,23,24);1H. The minimum Gasteiger partial charge on any atom is -0.444 e. The monoisotopic (exact) mass is 536 g/mol. The van der Waals surface area contributed by atoms with Crippen LogP contribution in [0.2, 0.25) is 0 Å². The van der Waals surface area contributed by atoms with E-state index in [1.807, 2.05) is 53.3 Å². The summed E-state index contributed by atoms with van der Waals surface area (Å²) < 4.78 is 7.31. The molecule has 1 heterocycles. The minimum absolute atomic E-state index is 0. The second kappa shape index (κ2) is 12.4. The van der Waals surface area contributed by atoms with Crippen LogP contribution in [0.15, 0.2) is 4.99 Å². The molecule has 0 unspecified atom stereocenters. The average Bonchev–Trinajstić information content (AvgIpc) is 2.89. The molecule has 1 aromatic heterocycles. The summed E-state index contributed by atoms with van der Waals surface area (Å²) in [5.41, 5.74) is 2.47. The lowest BCUT2D eigenvalue weighted by molar-refractivity contribution is 0.0474. The summed E-state index contributed by atoms with van der Waals surface area (Å²) in [5.74, 6) is 0.708. The number of nitrogens with one attached hydrogen (secondary N) is 3. The van der Waals surface area contributed by atoms with Gasteiger partial charge in [-0.1, -0.05) is 13.8 Å². The van der Waals surface area contributed by atoms with Gasteiger partial charge >= 0.3 is 6.09 Å². The fourth-order valence-corrected chi connectivity index (χ4v) is 3.00. The Bertz CT molecular complexity index is 707. The van der Waals surface area contributed by atoms with Crippen LogP contribution in [0.25, 0.3) is 0 Å². The van der Waals surface area contributed by atoms with Crippen molar-refractivity contribution in [2.45, 2.75) is 85.9 Å². The quantitative estimate of drug-likeness (QED) is 0.269. The first-order chi connectivity index (χ1) is 13.4. The number of hydrogen-bond acceptors (Lipinski definition) is 4. The molecule has 30 heavy (non-hydrogen) atoms. The van der Waals surface area contributed by atoms with Gasteiger partial charge in [-0.15, -0.1) is 24.0 Å². The first kappa shape index (κ1) is 28.5. The summed E-state index contributed by atoms with van der Waals surface area (Å²) in [6, 6.07) is 0. The van der Waals surface area contributed by atoms with Crippen LogP contribution in [-0.4, -0.2) is 46.1 Å². The van der Waals surface area contributed by atoms with Crippen LogP contribution >= 0.6 is 24.0 Å². The molecule has 0 aromatic carbocycles. The normalized spacial score (nSPS) is 12.2. The van der Waals surface area contributed by atoms with Crippen molar-refractivity contribution in [1.29, 1.82) is 0 Å². The van der Waals surface area contributed by atoms with Crippen LogP contribution in [-0.2, 0) is 31.2 Å². The molecule has 0 spiro atoms. The van der Waals surface area contributed by atoms with Gasteiger partial charge < -0.3 is 20.7 Å². The van der Waals surface area contributed by atoms with E-state index >= 15 is 0 Å². The fourth-order valence-electron chi connectivity index (χ4n) is 3.00. The highest BCUT2D eigenvalue weighted by Crippen LogP contribution is 2.16. The Morgan fingerprint density at radius 2 is 1.73 bits per heavy atom. The number of carbonyl (C=O) groups excluding carboxylic acids is 1. The number of hydrogen-bond donors (Lipinski definition) is 3. The first-order valence-corrected chi connectivity index (χ1v) is 10.5. The Kier molecular flexibility index (Phi) is 11.7. The number of guanidine groups is 1. The molecule has 0 fully saturated rings. The van der Waals surface area contributed by atoms with Gasteiger partial charge in [0.05, 0.1) is 17.8 Å². The van der Waals surface area contributed by atoms with Crippen molar-refractivity contribution < 1.29 is 9.53 Å². The molecule has 0 aliphatic carbocycles. The van der Waals surface area contributed by atoms with Crippen molar-refractivity contribution in [1.82, 2.24) is 25.7 Å². The Morgan fingerprint density at radius 1 is 1.10 bits per heavy atom. The summed E-state index contributed by atoms with van der Waals surface area (Å²) >= 11 is 0. The number of alkyl carbamates (subject to hydrolysis) is 1. The summed E-state index contributed by atoms with van der Waals surface area (Å²) in [7, 11) is 1.99. The number of aryl methyl sites for hydroxylation is 2. The Morgan fingerprint density at radius 3 is 2.23 bits per heavy atom. The summed E-state index contributed by atoms with van der Waals surface area (Å²) in [6.07, 6.45) is 1.38. The zero-order valence-electron chi connectivity index (χ0n) is 20.1. The number of carbonyl (C=O) groups is 1. The van der Waals surface area contributed by atoms with Crippen LogP contribution in [0, 0.1) is 0 Å². The molecule has 9 heteroatoms. The van der Waals surface area contributed by atoms with Crippen molar-refractivity contribution >= 4 is 36.0 Å². The van der Waals surface area contributed by atoms with Gasteiger partial charge in [0.15, 0.2) is 5.96 Å². The number of nitrogens with zero attached hydrogens (tertiary/aromatic N) is 3. The van der Waals surface area contributed by atoms with E-state index in [1.165, 1.54) is 11.3 Å². The molecule has 8 nitrogen and oxygen atoms in total. The molecule has 174 valence electrons. The molecule has 1 aromatic rings. The van der Waals surface area contributed by atoms with E-state index in [1.54, 1.807) is 0 Å². The molecule has 0 aliphatic rings. The van der Waals surface area contributed by atoms with Gasteiger partial charge in [-0.25, -0.2) is 9.79 Å². The molecule has 0 aliphatic heterocycles. The summed E-state index contributed by atoms with van der Waals surface area (Å²) in [5, 5.41) is 14.1. The highest BCUT2D eigenvalue weighted by Gasteiger charge is 2.25.